The summed E-state index contributed by atoms with van der Waals surface area (Å²) < 4.78 is 6.65. The molecule has 1 aliphatic rings. The second kappa shape index (κ2) is 8.83. The molecule has 0 saturated carbocycles. The molecule has 0 radical (unpaired) electrons. The average Bonchev–Trinajstić information content (AvgIpc) is 2.79. The maximum absolute atomic E-state index is 13.4. The van der Waals surface area contributed by atoms with Gasteiger partial charge >= 0.3 is 0 Å². The van der Waals surface area contributed by atoms with Gasteiger partial charge in [0, 0.05) is 48.7 Å². The van der Waals surface area contributed by atoms with Crippen LogP contribution >= 0.6 is 11.6 Å². The first-order valence-corrected chi connectivity index (χ1v) is 10.7. The standard InChI is InChI=1S/C24H25ClN2O4/c1-31-15-14-27-16-21(19-4-2-3-5-20(19)22(27)28)23(29)26-12-10-24(30,11-13-26)17-6-8-18(25)9-7-17/h2-9,16,30H,10-15H2,1H3. The van der Waals surface area contributed by atoms with Gasteiger partial charge in [0.25, 0.3) is 11.5 Å². The molecule has 162 valence electrons. The molecule has 31 heavy (non-hydrogen) atoms. The number of hydrogen-bond acceptors (Lipinski definition) is 4. The van der Waals surface area contributed by atoms with Crippen molar-refractivity contribution in [2.24, 2.45) is 0 Å². The van der Waals surface area contributed by atoms with Crippen molar-refractivity contribution in [2.75, 3.05) is 26.8 Å². The number of piperidine rings is 1. The summed E-state index contributed by atoms with van der Waals surface area (Å²) in [6.45, 7) is 1.59. The maximum atomic E-state index is 13.4. The van der Waals surface area contributed by atoms with Crippen LogP contribution in [0.1, 0.15) is 28.8 Å². The molecule has 2 aromatic carbocycles. The minimum atomic E-state index is -0.985. The molecule has 4 rings (SSSR count). The fourth-order valence-electron chi connectivity index (χ4n) is 4.17. The molecular weight excluding hydrogens is 416 g/mol. The van der Waals surface area contributed by atoms with Crippen LogP contribution in [0, 0.1) is 0 Å². The minimum absolute atomic E-state index is 0.138. The molecular formula is C24H25ClN2O4. The Morgan fingerprint density at radius 3 is 2.39 bits per heavy atom. The first kappa shape index (κ1) is 21.6. The molecule has 1 fully saturated rings. The number of rotatable bonds is 5. The van der Waals surface area contributed by atoms with Gasteiger partial charge in [-0.1, -0.05) is 41.9 Å². The first-order valence-electron chi connectivity index (χ1n) is 10.3. The van der Waals surface area contributed by atoms with Crippen molar-refractivity contribution < 1.29 is 14.6 Å². The van der Waals surface area contributed by atoms with Gasteiger partial charge in [-0.25, -0.2) is 0 Å². The van der Waals surface area contributed by atoms with Crippen LogP contribution in [0.3, 0.4) is 0 Å². The van der Waals surface area contributed by atoms with E-state index in [-0.39, 0.29) is 11.5 Å². The zero-order chi connectivity index (χ0) is 22.0. The highest BCUT2D eigenvalue weighted by Gasteiger charge is 2.36. The molecule has 0 spiro atoms. The number of benzene rings is 2. The Bertz CT molecular complexity index is 1150. The summed E-state index contributed by atoms with van der Waals surface area (Å²) in [4.78, 5) is 28.0. The number of fused-ring (bicyclic) bond motifs is 1. The van der Waals surface area contributed by atoms with E-state index in [0.29, 0.717) is 60.4 Å². The molecule has 0 atom stereocenters. The van der Waals surface area contributed by atoms with Crippen LogP contribution in [-0.2, 0) is 16.9 Å². The number of carbonyl (C=O) groups excluding carboxylic acids is 1. The zero-order valence-electron chi connectivity index (χ0n) is 17.4. The van der Waals surface area contributed by atoms with Crippen LogP contribution < -0.4 is 5.56 Å². The molecule has 0 aliphatic carbocycles. The number of halogens is 1. The van der Waals surface area contributed by atoms with Crippen molar-refractivity contribution in [3.8, 4) is 0 Å². The summed E-state index contributed by atoms with van der Waals surface area (Å²) in [5.74, 6) is -0.138. The Morgan fingerprint density at radius 1 is 1.10 bits per heavy atom. The predicted octanol–water partition coefficient (Wildman–Crippen LogP) is 3.43. The van der Waals surface area contributed by atoms with Gasteiger partial charge in [-0.15, -0.1) is 0 Å². The summed E-state index contributed by atoms with van der Waals surface area (Å²) in [6, 6.07) is 14.4. The van der Waals surface area contributed by atoms with E-state index in [1.165, 1.54) is 4.57 Å². The van der Waals surface area contributed by atoms with E-state index in [2.05, 4.69) is 0 Å². The Labute approximate surface area is 185 Å². The Hall–Kier alpha value is -2.67. The Morgan fingerprint density at radius 2 is 1.74 bits per heavy atom. The van der Waals surface area contributed by atoms with Crippen LogP contribution in [0.5, 0.6) is 0 Å². The van der Waals surface area contributed by atoms with E-state index in [0.717, 1.165) is 5.56 Å². The van der Waals surface area contributed by atoms with Gasteiger partial charge in [0.1, 0.15) is 0 Å². The highest BCUT2D eigenvalue weighted by Crippen LogP contribution is 2.34. The van der Waals surface area contributed by atoms with Gasteiger partial charge in [0.2, 0.25) is 0 Å². The molecule has 1 N–H and O–H groups in total. The van der Waals surface area contributed by atoms with Gasteiger partial charge in [-0.2, -0.15) is 0 Å². The Balaban J connectivity index is 1.61. The molecule has 1 saturated heterocycles. The number of pyridine rings is 1. The summed E-state index contributed by atoms with van der Waals surface area (Å²) in [6.07, 6.45) is 2.50. The van der Waals surface area contributed by atoms with Crippen LogP contribution in [-0.4, -0.2) is 47.3 Å². The van der Waals surface area contributed by atoms with Crippen molar-refractivity contribution >= 4 is 28.3 Å². The van der Waals surface area contributed by atoms with E-state index in [9.17, 15) is 14.7 Å². The molecule has 1 aliphatic heterocycles. The highest BCUT2D eigenvalue weighted by molar-refractivity contribution is 6.30. The smallest absolute Gasteiger partial charge is 0.258 e. The number of ether oxygens (including phenoxy) is 1. The number of amides is 1. The lowest BCUT2D eigenvalue weighted by molar-refractivity contribution is -0.0211. The van der Waals surface area contributed by atoms with Crippen LogP contribution in [0.15, 0.2) is 59.5 Å². The van der Waals surface area contributed by atoms with E-state index >= 15 is 0 Å². The summed E-state index contributed by atoms with van der Waals surface area (Å²) in [7, 11) is 1.58. The third kappa shape index (κ3) is 4.24. The lowest BCUT2D eigenvalue weighted by Gasteiger charge is -2.38. The molecule has 2 heterocycles. The van der Waals surface area contributed by atoms with Crippen molar-refractivity contribution in [3.63, 3.8) is 0 Å². The summed E-state index contributed by atoms with van der Waals surface area (Å²) in [5, 5.41) is 12.9. The topological polar surface area (TPSA) is 71.8 Å². The fourth-order valence-corrected chi connectivity index (χ4v) is 4.29. The largest absolute Gasteiger partial charge is 0.385 e. The lowest BCUT2D eigenvalue weighted by atomic mass is 9.84. The molecule has 1 aromatic heterocycles. The lowest BCUT2D eigenvalue weighted by Crippen LogP contribution is -2.45. The number of methoxy groups -OCH3 is 1. The van der Waals surface area contributed by atoms with E-state index in [1.54, 1.807) is 48.5 Å². The van der Waals surface area contributed by atoms with E-state index in [1.807, 2.05) is 18.2 Å². The van der Waals surface area contributed by atoms with Crippen molar-refractivity contribution in [1.29, 1.82) is 0 Å². The third-order valence-electron chi connectivity index (χ3n) is 6.02. The van der Waals surface area contributed by atoms with Gasteiger partial charge in [-0.05, 0) is 36.6 Å². The van der Waals surface area contributed by atoms with Crippen molar-refractivity contribution in [1.82, 2.24) is 9.47 Å². The number of nitrogens with zero attached hydrogens (tertiary/aromatic N) is 2. The van der Waals surface area contributed by atoms with Crippen molar-refractivity contribution in [3.05, 3.63) is 81.2 Å². The molecule has 7 heteroatoms. The molecule has 0 bridgehead atoms. The quantitative estimate of drug-likeness (QED) is 0.659. The third-order valence-corrected chi connectivity index (χ3v) is 6.27. The van der Waals surface area contributed by atoms with E-state index in [4.69, 9.17) is 16.3 Å². The average molecular weight is 441 g/mol. The summed E-state index contributed by atoms with van der Waals surface area (Å²) in [5.41, 5.74) is 0.173. The fraction of sp³-hybridized carbons (Fsp3) is 0.333. The second-order valence-corrected chi connectivity index (χ2v) is 8.35. The van der Waals surface area contributed by atoms with Crippen molar-refractivity contribution in [2.45, 2.75) is 25.0 Å². The zero-order valence-corrected chi connectivity index (χ0v) is 18.1. The maximum Gasteiger partial charge on any atom is 0.258 e. The molecule has 6 nitrogen and oxygen atoms in total. The predicted molar refractivity (Wildman–Crippen MR) is 121 cm³/mol. The van der Waals surface area contributed by atoms with Gasteiger partial charge in [0.15, 0.2) is 0 Å². The second-order valence-electron chi connectivity index (χ2n) is 7.91. The van der Waals surface area contributed by atoms with Crippen LogP contribution in [0.2, 0.25) is 5.02 Å². The number of carbonyl (C=O) groups is 1. The summed E-state index contributed by atoms with van der Waals surface area (Å²) >= 11 is 5.97. The van der Waals surface area contributed by atoms with Crippen LogP contribution in [0.4, 0.5) is 0 Å². The van der Waals surface area contributed by atoms with Crippen LogP contribution in [0.25, 0.3) is 10.8 Å². The minimum Gasteiger partial charge on any atom is -0.385 e. The molecule has 3 aromatic rings. The highest BCUT2D eigenvalue weighted by atomic mass is 35.5. The number of aromatic nitrogens is 1. The van der Waals surface area contributed by atoms with Gasteiger partial charge in [0.05, 0.1) is 17.8 Å². The first-order chi connectivity index (χ1) is 14.9. The number of hydrogen-bond donors (Lipinski definition) is 1. The van der Waals surface area contributed by atoms with Gasteiger partial charge < -0.3 is 19.3 Å². The SMILES string of the molecule is COCCn1cc(C(=O)N2CCC(O)(c3ccc(Cl)cc3)CC2)c2ccccc2c1=O. The molecule has 1 amide bonds. The Kier molecular flexibility index (Phi) is 6.14. The monoisotopic (exact) mass is 440 g/mol. The number of aliphatic hydroxyl groups is 1. The number of likely N-dealkylation sites (tertiary alicyclic amines) is 1. The normalized spacial score (nSPS) is 15.9. The van der Waals surface area contributed by atoms with Gasteiger partial charge in [-0.3, -0.25) is 9.59 Å². The molecule has 0 unspecified atom stereocenters. The van der Waals surface area contributed by atoms with E-state index < -0.39 is 5.60 Å².